The zero-order valence-electron chi connectivity index (χ0n) is 7.32. The van der Waals surface area contributed by atoms with Crippen LogP contribution in [-0.2, 0) is 4.79 Å². The molecule has 0 aliphatic carbocycles. The van der Waals surface area contributed by atoms with Crippen LogP contribution >= 0.6 is 0 Å². The molecule has 0 saturated carbocycles. The van der Waals surface area contributed by atoms with Crippen LogP contribution in [0.4, 0.5) is 0 Å². The van der Waals surface area contributed by atoms with E-state index in [0.717, 1.165) is 12.8 Å². The maximum absolute atomic E-state index is 11.0. The lowest BCUT2D eigenvalue weighted by Gasteiger charge is -2.25. The maximum Gasteiger partial charge on any atom is 0.149 e. The fourth-order valence-electron chi connectivity index (χ4n) is 0.977. The number of carbonyl (C=O) groups is 1. The molecule has 0 fully saturated rings. The summed E-state index contributed by atoms with van der Waals surface area (Å²) in [5.74, 6) is 0.219. The van der Waals surface area contributed by atoms with Crippen LogP contribution in [0.2, 0.25) is 0 Å². The van der Waals surface area contributed by atoms with Crippen LogP contribution in [0.25, 0.3) is 0 Å². The first-order chi connectivity index (χ1) is 4.56. The molecule has 0 aliphatic rings. The number of rotatable bonds is 4. The van der Waals surface area contributed by atoms with Gasteiger partial charge in [0.05, 0.1) is 5.54 Å². The molecule has 0 rings (SSSR count). The van der Waals surface area contributed by atoms with E-state index in [0.29, 0.717) is 0 Å². The summed E-state index contributed by atoms with van der Waals surface area (Å²) < 4.78 is 0. The average molecular weight is 143 g/mol. The van der Waals surface area contributed by atoms with E-state index >= 15 is 0 Å². The van der Waals surface area contributed by atoms with Crippen LogP contribution in [0.15, 0.2) is 0 Å². The Labute approximate surface area is 63.0 Å². The zero-order chi connectivity index (χ0) is 8.20. The van der Waals surface area contributed by atoms with E-state index in [-0.39, 0.29) is 11.3 Å². The highest BCUT2D eigenvalue weighted by molar-refractivity contribution is 5.85. The summed E-state index contributed by atoms with van der Waals surface area (Å²) in [6.45, 7) is 5.66. The van der Waals surface area contributed by atoms with Gasteiger partial charge in [-0.05, 0) is 27.3 Å². The number of nitrogens with one attached hydrogen (secondary N) is 1. The first-order valence-corrected chi connectivity index (χ1v) is 3.76. The van der Waals surface area contributed by atoms with Crippen LogP contribution in [0.3, 0.4) is 0 Å². The normalized spacial score (nSPS) is 16.4. The summed E-state index contributed by atoms with van der Waals surface area (Å²) in [6, 6.07) is 0. The van der Waals surface area contributed by atoms with Gasteiger partial charge in [-0.3, -0.25) is 4.79 Å². The van der Waals surface area contributed by atoms with Gasteiger partial charge in [0.2, 0.25) is 0 Å². The molecule has 0 unspecified atom stereocenters. The highest BCUT2D eigenvalue weighted by Gasteiger charge is 2.25. The summed E-state index contributed by atoms with van der Waals surface area (Å²) >= 11 is 0. The van der Waals surface area contributed by atoms with Gasteiger partial charge in [0.25, 0.3) is 0 Å². The monoisotopic (exact) mass is 143 g/mol. The lowest BCUT2D eigenvalue weighted by Crippen LogP contribution is -2.46. The Kier molecular flexibility index (Phi) is 3.58. The molecule has 0 bridgehead atoms. The van der Waals surface area contributed by atoms with Gasteiger partial charge in [0.1, 0.15) is 5.78 Å². The molecule has 0 heterocycles. The fourth-order valence-corrected chi connectivity index (χ4v) is 0.977. The molecule has 0 radical (unpaired) electrons. The van der Waals surface area contributed by atoms with Gasteiger partial charge in [-0.1, -0.05) is 13.3 Å². The van der Waals surface area contributed by atoms with Crippen molar-refractivity contribution in [2.75, 3.05) is 7.05 Å². The van der Waals surface area contributed by atoms with E-state index in [1.807, 2.05) is 14.0 Å². The summed E-state index contributed by atoms with van der Waals surface area (Å²) in [5.41, 5.74) is -0.297. The quantitative estimate of drug-likeness (QED) is 0.643. The standard InChI is InChI=1S/C8H17NO/c1-5-6-8(3,9-4)7(2)10/h9H,5-6H2,1-4H3/t8-/m0/s1. The largest absolute Gasteiger partial charge is 0.308 e. The Morgan fingerprint density at radius 2 is 2.10 bits per heavy atom. The molecule has 2 nitrogen and oxygen atoms in total. The van der Waals surface area contributed by atoms with Crippen LogP contribution in [0.1, 0.15) is 33.6 Å². The second-order valence-corrected chi connectivity index (χ2v) is 2.89. The molecule has 0 aromatic rings. The predicted molar refractivity (Wildman–Crippen MR) is 43.1 cm³/mol. The van der Waals surface area contributed by atoms with Crippen molar-refractivity contribution in [2.45, 2.75) is 39.2 Å². The van der Waals surface area contributed by atoms with Crippen molar-refractivity contribution in [3.63, 3.8) is 0 Å². The minimum Gasteiger partial charge on any atom is -0.308 e. The highest BCUT2D eigenvalue weighted by atomic mass is 16.1. The first-order valence-electron chi connectivity index (χ1n) is 3.76. The van der Waals surface area contributed by atoms with E-state index in [4.69, 9.17) is 0 Å². The van der Waals surface area contributed by atoms with Gasteiger partial charge < -0.3 is 5.32 Å². The molecule has 10 heavy (non-hydrogen) atoms. The first kappa shape index (κ1) is 9.63. The molecule has 1 atom stereocenters. The number of Topliss-reactive ketones (excluding diaryl/α,β-unsaturated/α-hetero) is 1. The number of hydrogen-bond donors (Lipinski definition) is 1. The molecular weight excluding hydrogens is 126 g/mol. The minimum atomic E-state index is -0.297. The highest BCUT2D eigenvalue weighted by Crippen LogP contribution is 2.11. The number of hydrogen-bond acceptors (Lipinski definition) is 2. The molecule has 0 aromatic carbocycles. The van der Waals surface area contributed by atoms with Gasteiger partial charge in [-0.15, -0.1) is 0 Å². The summed E-state index contributed by atoms with van der Waals surface area (Å²) in [4.78, 5) is 11.0. The SMILES string of the molecule is CCC[C@](C)(NC)C(C)=O. The Balaban J connectivity index is 4.08. The lowest BCUT2D eigenvalue weighted by molar-refractivity contribution is -0.122. The molecule has 0 saturated heterocycles. The third-order valence-corrected chi connectivity index (χ3v) is 2.08. The summed E-state index contributed by atoms with van der Waals surface area (Å²) in [7, 11) is 1.83. The fraction of sp³-hybridized carbons (Fsp3) is 0.875. The van der Waals surface area contributed by atoms with Crippen molar-refractivity contribution in [1.29, 1.82) is 0 Å². The van der Waals surface area contributed by atoms with Gasteiger partial charge in [-0.2, -0.15) is 0 Å². The van der Waals surface area contributed by atoms with E-state index in [1.54, 1.807) is 6.92 Å². The lowest BCUT2D eigenvalue weighted by atomic mass is 9.92. The molecular formula is C8H17NO. The third-order valence-electron chi connectivity index (χ3n) is 2.08. The Bertz CT molecular complexity index is 122. The zero-order valence-corrected chi connectivity index (χ0v) is 7.32. The topological polar surface area (TPSA) is 29.1 Å². The Hall–Kier alpha value is -0.370. The molecule has 0 aliphatic heterocycles. The maximum atomic E-state index is 11.0. The molecule has 0 aromatic heterocycles. The number of ketones is 1. The van der Waals surface area contributed by atoms with Gasteiger partial charge >= 0.3 is 0 Å². The second kappa shape index (κ2) is 3.71. The summed E-state index contributed by atoms with van der Waals surface area (Å²) in [5, 5.41) is 3.03. The van der Waals surface area contributed by atoms with E-state index in [1.165, 1.54) is 0 Å². The van der Waals surface area contributed by atoms with Crippen LogP contribution in [0, 0.1) is 0 Å². The van der Waals surface area contributed by atoms with Crippen molar-refractivity contribution < 1.29 is 4.79 Å². The molecule has 1 N–H and O–H groups in total. The Morgan fingerprint density at radius 3 is 2.20 bits per heavy atom. The van der Waals surface area contributed by atoms with Crippen molar-refractivity contribution in [3.05, 3.63) is 0 Å². The van der Waals surface area contributed by atoms with Crippen LogP contribution in [0.5, 0.6) is 0 Å². The smallest absolute Gasteiger partial charge is 0.149 e. The molecule has 0 amide bonds. The van der Waals surface area contributed by atoms with Gasteiger partial charge in [0, 0.05) is 0 Å². The molecule has 2 heteroatoms. The van der Waals surface area contributed by atoms with E-state index in [9.17, 15) is 4.79 Å². The average Bonchev–Trinajstić information content (AvgIpc) is 1.88. The van der Waals surface area contributed by atoms with Gasteiger partial charge in [-0.25, -0.2) is 0 Å². The number of likely N-dealkylation sites (N-methyl/N-ethyl adjacent to an activating group) is 1. The minimum absolute atomic E-state index is 0.219. The summed E-state index contributed by atoms with van der Waals surface area (Å²) in [6.07, 6.45) is 1.95. The molecule has 60 valence electrons. The molecule has 0 spiro atoms. The van der Waals surface area contributed by atoms with Crippen molar-refractivity contribution in [1.82, 2.24) is 5.32 Å². The van der Waals surface area contributed by atoms with Crippen molar-refractivity contribution in [2.24, 2.45) is 0 Å². The van der Waals surface area contributed by atoms with Crippen LogP contribution < -0.4 is 5.32 Å². The predicted octanol–water partition coefficient (Wildman–Crippen LogP) is 1.35. The van der Waals surface area contributed by atoms with E-state index in [2.05, 4.69) is 12.2 Å². The van der Waals surface area contributed by atoms with E-state index < -0.39 is 0 Å². The van der Waals surface area contributed by atoms with Crippen molar-refractivity contribution in [3.8, 4) is 0 Å². The number of carbonyl (C=O) groups excluding carboxylic acids is 1. The van der Waals surface area contributed by atoms with Crippen molar-refractivity contribution >= 4 is 5.78 Å². The second-order valence-electron chi connectivity index (χ2n) is 2.89. The van der Waals surface area contributed by atoms with Crippen LogP contribution in [-0.4, -0.2) is 18.4 Å². The van der Waals surface area contributed by atoms with Gasteiger partial charge in [0.15, 0.2) is 0 Å². The Morgan fingerprint density at radius 1 is 1.60 bits per heavy atom. The third kappa shape index (κ3) is 2.10.